The molecule has 0 saturated carbocycles. The second-order valence-corrected chi connectivity index (χ2v) is 7.24. The van der Waals surface area contributed by atoms with E-state index in [1.807, 2.05) is 11.0 Å². The van der Waals surface area contributed by atoms with Crippen LogP contribution in [0, 0.1) is 5.92 Å². The highest BCUT2D eigenvalue weighted by molar-refractivity contribution is 6.30. The number of piperidine rings is 1. The quantitative estimate of drug-likeness (QED) is 0.774. The molecular weight excluding hydrogens is 380 g/mol. The molecule has 1 aliphatic heterocycles. The molecule has 0 aliphatic carbocycles. The van der Waals surface area contributed by atoms with Gasteiger partial charge in [0.15, 0.2) is 6.10 Å². The number of carbonyl (C=O) groups excluding carboxylic acids is 2. The van der Waals surface area contributed by atoms with E-state index < -0.39 is 6.10 Å². The Kier molecular flexibility index (Phi) is 6.36. The van der Waals surface area contributed by atoms with E-state index in [1.54, 1.807) is 43.5 Å². The number of pyridine rings is 1. The number of carbonyl (C=O) groups is 2. The third-order valence-electron chi connectivity index (χ3n) is 4.64. The fourth-order valence-corrected chi connectivity index (χ4v) is 3.29. The monoisotopic (exact) mass is 402 g/mol. The number of hydrogen-bond acceptors (Lipinski definition) is 5. The van der Waals surface area contributed by atoms with Crippen LogP contribution in [-0.4, -0.2) is 36.0 Å². The Bertz CT molecular complexity index is 844. The SMILES string of the molecule is CC(Oc1cccc(Cl)c1)C(=O)Nc1ccc(N2CCCC(C(N)=O)C2)nc1. The zero-order chi connectivity index (χ0) is 20.1. The first-order chi connectivity index (χ1) is 13.4. The number of nitrogens with two attached hydrogens (primary N) is 1. The average molecular weight is 403 g/mol. The van der Waals surface area contributed by atoms with Gasteiger partial charge in [-0.25, -0.2) is 4.98 Å². The Balaban J connectivity index is 1.57. The van der Waals surface area contributed by atoms with Gasteiger partial charge in [-0.05, 0) is 50.1 Å². The number of ether oxygens (including phenoxy) is 1. The number of nitrogens with one attached hydrogen (secondary N) is 1. The lowest BCUT2D eigenvalue weighted by molar-refractivity contribution is -0.122. The summed E-state index contributed by atoms with van der Waals surface area (Å²) in [5.74, 6) is 0.563. The van der Waals surface area contributed by atoms with Gasteiger partial charge in [0.25, 0.3) is 5.91 Å². The van der Waals surface area contributed by atoms with Gasteiger partial charge in [-0.3, -0.25) is 9.59 Å². The minimum atomic E-state index is -0.698. The maximum absolute atomic E-state index is 12.3. The molecule has 3 N–H and O–H groups in total. The van der Waals surface area contributed by atoms with E-state index >= 15 is 0 Å². The van der Waals surface area contributed by atoms with Gasteiger partial charge in [0.2, 0.25) is 5.91 Å². The molecule has 148 valence electrons. The van der Waals surface area contributed by atoms with E-state index in [0.717, 1.165) is 25.2 Å². The first kappa shape index (κ1) is 19.9. The van der Waals surface area contributed by atoms with Crippen molar-refractivity contribution in [1.29, 1.82) is 0 Å². The molecule has 1 saturated heterocycles. The predicted molar refractivity (Wildman–Crippen MR) is 109 cm³/mol. The summed E-state index contributed by atoms with van der Waals surface area (Å²) in [7, 11) is 0. The Labute approximate surface area is 168 Å². The molecule has 2 unspecified atom stereocenters. The molecule has 8 heteroatoms. The largest absolute Gasteiger partial charge is 0.481 e. The van der Waals surface area contributed by atoms with Crippen LogP contribution in [0.25, 0.3) is 0 Å². The van der Waals surface area contributed by atoms with E-state index in [1.165, 1.54) is 0 Å². The van der Waals surface area contributed by atoms with Crippen molar-refractivity contribution in [2.24, 2.45) is 11.7 Å². The number of amides is 2. The summed E-state index contributed by atoms with van der Waals surface area (Å²) in [5, 5.41) is 3.32. The van der Waals surface area contributed by atoms with Crippen LogP contribution >= 0.6 is 11.6 Å². The molecule has 2 atom stereocenters. The van der Waals surface area contributed by atoms with E-state index in [9.17, 15) is 9.59 Å². The molecule has 2 heterocycles. The summed E-state index contributed by atoms with van der Waals surface area (Å²) in [6, 6.07) is 10.5. The number of nitrogens with zero attached hydrogens (tertiary/aromatic N) is 2. The smallest absolute Gasteiger partial charge is 0.265 e. The van der Waals surface area contributed by atoms with Crippen molar-refractivity contribution in [3.8, 4) is 5.75 Å². The standard InChI is InChI=1S/C20H23ClN4O3/c1-13(28-17-6-2-5-15(21)10-17)20(27)24-16-7-8-18(23-11-16)25-9-3-4-14(12-25)19(22)26/h2,5-8,10-11,13-14H,3-4,9,12H2,1H3,(H2,22,26)(H,24,27). The van der Waals surface area contributed by atoms with Gasteiger partial charge < -0.3 is 20.7 Å². The number of hydrogen-bond donors (Lipinski definition) is 2. The summed E-state index contributed by atoms with van der Waals surface area (Å²) in [5.41, 5.74) is 5.99. The molecule has 28 heavy (non-hydrogen) atoms. The molecule has 2 amide bonds. The van der Waals surface area contributed by atoms with Crippen molar-refractivity contribution >= 4 is 34.9 Å². The molecule has 1 aromatic carbocycles. The molecule has 0 spiro atoms. The van der Waals surface area contributed by atoms with Gasteiger partial charge in [0.1, 0.15) is 11.6 Å². The first-order valence-electron chi connectivity index (χ1n) is 9.16. The van der Waals surface area contributed by atoms with Crippen molar-refractivity contribution < 1.29 is 14.3 Å². The highest BCUT2D eigenvalue weighted by Gasteiger charge is 2.24. The van der Waals surface area contributed by atoms with Gasteiger partial charge in [-0.1, -0.05) is 17.7 Å². The lowest BCUT2D eigenvalue weighted by atomic mass is 9.97. The summed E-state index contributed by atoms with van der Waals surface area (Å²) in [6.07, 6.45) is 2.60. The van der Waals surface area contributed by atoms with E-state index in [-0.39, 0.29) is 17.7 Å². The van der Waals surface area contributed by atoms with E-state index in [0.29, 0.717) is 23.0 Å². The van der Waals surface area contributed by atoms with Crippen LogP contribution < -0.4 is 20.7 Å². The Morgan fingerprint density at radius 1 is 1.36 bits per heavy atom. The van der Waals surface area contributed by atoms with Crippen LogP contribution in [0.3, 0.4) is 0 Å². The van der Waals surface area contributed by atoms with Gasteiger partial charge in [-0.2, -0.15) is 0 Å². The fraction of sp³-hybridized carbons (Fsp3) is 0.350. The van der Waals surface area contributed by atoms with Crippen LogP contribution in [0.2, 0.25) is 5.02 Å². The Morgan fingerprint density at radius 3 is 2.86 bits per heavy atom. The van der Waals surface area contributed by atoms with Crippen LogP contribution in [0.15, 0.2) is 42.6 Å². The van der Waals surface area contributed by atoms with E-state index in [4.69, 9.17) is 22.1 Å². The van der Waals surface area contributed by atoms with Crippen LogP contribution in [0.4, 0.5) is 11.5 Å². The summed E-state index contributed by atoms with van der Waals surface area (Å²) in [6.45, 7) is 3.06. The molecular formula is C20H23ClN4O3. The second kappa shape index (κ2) is 8.93. The van der Waals surface area contributed by atoms with Crippen molar-refractivity contribution in [2.75, 3.05) is 23.3 Å². The van der Waals surface area contributed by atoms with Crippen molar-refractivity contribution in [1.82, 2.24) is 4.98 Å². The maximum atomic E-state index is 12.3. The average Bonchev–Trinajstić information content (AvgIpc) is 2.68. The summed E-state index contributed by atoms with van der Waals surface area (Å²) in [4.78, 5) is 30.2. The molecule has 0 radical (unpaired) electrons. The fourth-order valence-electron chi connectivity index (χ4n) is 3.11. The lowest BCUT2D eigenvalue weighted by Crippen LogP contribution is -2.41. The highest BCUT2D eigenvalue weighted by Crippen LogP contribution is 2.23. The predicted octanol–water partition coefficient (Wildman–Crippen LogP) is 2.84. The van der Waals surface area contributed by atoms with Crippen LogP contribution in [0.1, 0.15) is 19.8 Å². The maximum Gasteiger partial charge on any atom is 0.265 e. The Morgan fingerprint density at radius 2 is 2.18 bits per heavy atom. The number of anilines is 2. The van der Waals surface area contributed by atoms with Crippen LogP contribution in [-0.2, 0) is 9.59 Å². The van der Waals surface area contributed by atoms with Gasteiger partial charge >= 0.3 is 0 Å². The number of halogens is 1. The summed E-state index contributed by atoms with van der Waals surface area (Å²) >= 11 is 5.92. The number of aromatic nitrogens is 1. The second-order valence-electron chi connectivity index (χ2n) is 6.80. The lowest BCUT2D eigenvalue weighted by Gasteiger charge is -2.32. The molecule has 7 nitrogen and oxygen atoms in total. The minimum Gasteiger partial charge on any atom is -0.481 e. The van der Waals surface area contributed by atoms with Crippen molar-refractivity contribution in [2.45, 2.75) is 25.9 Å². The molecule has 3 rings (SSSR count). The van der Waals surface area contributed by atoms with Gasteiger partial charge in [-0.15, -0.1) is 0 Å². The molecule has 1 aromatic heterocycles. The highest BCUT2D eigenvalue weighted by atomic mass is 35.5. The molecule has 2 aromatic rings. The number of rotatable bonds is 6. The van der Waals surface area contributed by atoms with Crippen molar-refractivity contribution in [3.05, 3.63) is 47.6 Å². The van der Waals surface area contributed by atoms with Gasteiger partial charge in [0.05, 0.1) is 17.8 Å². The molecule has 1 aliphatic rings. The topological polar surface area (TPSA) is 97.5 Å². The number of primary amides is 1. The number of benzene rings is 1. The van der Waals surface area contributed by atoms with E-state index in [2.05, 4.69) is 10.3 Å². The zero-order valence-corrected chi connectivity index (χ0v) is 16.4. The molecule has 1 fully saturated rings. The van der Waals surface area contributed by atoms with Crippen molar-refractivity contribution in [3.63, 3.8) is 0 Å². The molecule has 0 bridgehead atoms. The third-order valence-corrected chi connectivity index (χ3v) is 4.88. The first-order valence-corrected chi connectivity index (χ1v) is 9.53. The van der Waals surface area contributed by atoms with Gasteiger partial charge in [0, 0.05) is 18.1 Å². The Hall–Kier alpha value is -2.80. The summed E-state index contributed by atoms with van der Waals surface area (Å²) < 4.78 is 5.61. The normalized spacial score (nSPS) is 17.6. The minimum absolute atomic E-state index is 0.153. The third kappa shape index (κ3) is 5.13. The van der Waals surface area contributed by atoms with Crippen LogP contribution in [0.5, 0.6) is 5.75 Å². The zero-order valence-electron chi connectivity index (χ0n) is 15.6.